The number of oxime groups is 1. The summed E-state index contributed by atoms with van der Waals surface area (Å²) in [7, 11) is 0. The first-order chi connectivity index (χ1) is 14.0. The van der Waals surface area contributed by atoms with Gasteiger partial charge in [0.05, 0.1) is 6.04 Å². The molecule has 2 aliphatic rings. The zero-order valence-electron chi connectivity index (χ0n) is 15.6. The van der Waals surface area contributed by atoms with Gasteiger partial charge in [-0.25, -0.2) is 0 Å². The fourth-order valence-electron chi connectivity index (χ4n) is 3.79. The summed E-state index contributed by atoms with van der Waals surface area (Å²) in [5.74, 6) is -0.00242. The first kappa shape index (κ1) is 20.7. The number of hydrogen-bond donors (Lipinski definition) is 0. The van der Waals surface area contributed by atoms with Crippen LogP contribution in [0.5, 0.6) is 0 Å². The van der Waals surface area contributed by atoms with Crippen LogP contribution >= 0.6 is 39.1 Å². The SMILES string of the molecule is O=C(C1CC(Br)=NO1)N1CCN(C(c2ccc(Cl)cc2)c2ccc(Cl)cc2)CC1. The summed E-state index contributed by atoms with van der Waals surface area (Å²) in [5, 5.41) is 5.25. The van der Waals surface area contributed by atoms with Gasteiger partial charge in [0, 0.05) is 42.6 Å². The van der Waals surface area contributed by atoms with Crippen molar-refractivity contribution in [3.63, 3.8) is 0 Å². The minimum Gasteiger partial charge on any atom is -0.381 e. The molecule has 0 aliphatic carbocycles. The van der Waals surface area contributed by atoms with Gasteiger partial charge in [-0.1, -0.05) is 52.6 Å². The fraction of sp³-hybridized carbons (Fsp3) is 0.333. The smallest absolute Gasteiger partial charge is 0.267 e. The maximum Gasteiger partial charge on any atom is 0.267 e. The topological polar surface area (TPSA) is 45.1 Å². The number of benzene rings is 2. The molecule has 1 unspecified atom stereocenters. The predicted octanol–water partition coefficient (Wildman–Crippen LogP) is 4.72. The summed E-state index contributed by atoms with van der Waals surface area (Å²) in [5.41, 5.74) is 2.32. The van der Waals surface area contributed by atoms with E-state index in [1.165, 1.54) is 0 Å². The second-order valence-corrected chi connectivity index (χ2v) is 8.92. The van der Waals surface area contributed by atoms with Gasteiger partial charge in [-0.15, -0.1) is 0 Å². The lowest BCUT2D eigenvalue weighted by Gasteiger charge is -2.40. The van der Waals surface area contributed by atoms with E-state index in [1.54, 1.807) is 0 Å². The molecule has 1 fully saturated rings. The van der Waals surface area contributed by atoms with Crippen molar-refractivity contribution >= 4 is 49.7 Å². The Kier molecular flexibility index (Phi) is 6.44. The zero-order chi connectivity index (χ0) is 20.4. The number of nitrogens with zero attached hydrogens (tertiary/aromatic N) is 3. The van der Waals surface area contributed by atoms with E-state index in [-0.39, 0.29) is 11.9 Å². The van der Waals surface area contributed by atoms with Crippen LogP contribution in [-0.4, -0.2) is 52.6 Å². The zero-order valence-corrected chi connectivity index (χ0v) is 18.7. The Bertz CT molecular complexity index is 852. The van der Waals surface area contributed by atoms with E-state index < -0.39 is 6.10 Å². The number of carbonyl (C=O) groups is 1. The molecule has 0 N–H and O–H groups in total. The van der Waals surface area contributed by atoms with Crippen LogP contribution < -0.4 is 0 Å². The van der Waals surface area contributed by atoms with Gasteiger partial charge in [0.2, 0.25) is 6.10 Å². The van der Waals surface area contributed by atoms with Gasteiger partial charge >= 0.3 is 0 Å². The molecule has 4 rings (SSSR count). The Balaban J connectivity index is 1.50. The summed E-state index contributed by atoms with van der Waals surface area (Å²) >= 11 is 15.5. The van der Waals surface area contributed by atoms with Crippen molar-refractivity contribution in [2.45, 2.75) is 18.6 Å². The highest BCUT2D eigenvalue weighted by molar-refractivity contribution is 9.18. The predicted molar refractivity (Wildman–Crippen MR) is 119 cm³/mol. The monoisotopic (exact) mass is 495 g/mol. The van der Waals surface area contributed by atoms with Gasteiger partial charge in [0.25, 0.3) is 5.91 Å². The fourth-order valence-corrected chi connectivity index (χ4v) is 4.42. The molecule has 29 heavy (non-hydrogen) atoms. The maximum atomic E-state index is 12.7. The molecular weight excluding hydrogens is 477 g/mol. The lowest BCUT2D eigenvalue weighted by atomic mass is 9.96. The average Bonchev–Trinajstić information content (AvgIpc) is 3.17. The molecule has 0 saturated carbocycles. The molecule has 2 aromatic carbocycles. The summed E-state index contributed by atoms with van der Waals surface area (Å²) in [6, 6.07) is 15.9. The Hall–Kier alpha value is -1.60. The van der Waals surface area contributed by atoms with Crippen LogP contribution in [0.25, 0.3) is 0 Å². The highest BCUT2D eigenvalue weighted by Crippen LogP contribution is 2.31. The molecule has 2 aromatic rings. The molecule has 2 aliphatic heterocycles. The van der Waals surface area contributed by atoms with Crippen molar-refractivity contribution in [2.24, 2.45) is 5.16 Å². The highest BCUT2D eigenvalue weighted by Gasteiger charge is 2.34. The number of piperazine rings is 1. The molecule has 0 radical (unpaired) electrons. The first-order valence-corrected chi connectivity index (χ1v) is 11.0. The van der Waals surface area contributed by atoms with Crippen molar-refractivity contribution in [2.75, 3.05) is 26.2 Å². The van der Waals surface area contributed by atoms with Gasteiger partial charge in [-0.2, -0.15) is 0 Å². The van der Waals surface area contributed by atoms with Crippen molar-refractivity contribution in [1.82, 2.24) is 9.80 Å². The van der Waals surface area contributed by atoms with Crippen LogP contribution in [0, 0.1) is 0 Å². The van der Waals surface area contributed by atoms with E-state index in [0.717, 1.165) is 24.2 Å². The van der Waals surface area contributed by atoms with Crippen molar-refractivity contribution < 1.29 is 9.63 Å². The third kappa shape index (κ3) is 4.77. The first-order valence-electron chi connectivity index (χ1n) is 9.43. The van der Waals surface area contributed by atoms with E-state index in [4.69, 9.17) is 28.0 Å². The molecule has 1 atom stereocenters. The molecule has 5 nitrogen and oxygen atoms in total. The lowest BCUT2D eigenvalue weighted by molar-refractivity contribution is -0.144. The third-order valence-electron chi connectivity index (χ3n) is 5.27. The molecule has 2 heterocycles. The molecule has 152 valence electrons. The van der Waals surface area contributed by atoms with Crippen LogP contribution in [0.4, 0.5) is 0 Å². The summed E-state index contributed by atoms with van der Waals surface area (Å²) in [6.45, 7) is 2.81. The Morgan fingerprint density at radius 2 is 1.48 bits per heavy atom. The minimum absolute atomic E-state index is 0.00242. The van der Waals surface area contributed by atoms with Crippen LogP contribution in [-0.2, 0) is 9.63 Å². The molecule has 8 heteroatoms. The van der Waals surface area contributed by atoms with Crippen molar-refractivity contribution in [3.8, 4) is 0 Å². The average molecular weight is 497 g/mol. The van der Waals surface area contributed by atoms with E-state index in [1.807, 2.05) is 29.2 Å². The number of hydrogen-bond acceptors (Lipinski definition) is 4. The summed E-state index contributed by atoms with van der Waals surface area (Å²) in [4.78, 5) is 22.2. The molecule has 0 bridgehead atoms. The number of carbonyl (C=O) groups excluding carboxylic acids is 1. The summed E-state index contributed by atoms with van der Waals surface area (Å²) in [6.07, 6.45) is -0.0173. The second kappa shape index (κ2) is 9.04. The molecule has 1 amide bonds. The standard InChI is InChI=1S/C21H20BrCl2N3O2/c22-19-13-18(29-25-19)21(28)27-11-9-26(10-12-27)20(14-1-5-16(23)6-2-14)15-3-7-17(24)8-4-15/h1-8,18,20H,9-13H2. The van der Waals surface area contributed by atoms with Gasteiger partial charge < -0.3 is 9.74 Å². The van der Waals surface area contributed by atoms with Crippen LogP contribution in [0.15, 0.2) is 53.7 Å². The molecule has 0 spiro atoms. The largest absolute Gasteiger partial charge is 0.381 e. The maximum absolute atomic E-state index is 12.7. The van der Waals surface area contributed by atoms with Crippen LogP contribution in [0.3, 0.4) is 0 Å². The summed E-state index contributed by atoms with van der Waals surface area (Å²) < 4.78 is 0.681. The van der Waals surface area contributed by atoms with Crippen LogP contribution in [0.1, 0.15) is 23.6 Å². The Labute approximate surface area is 188 Å². The van der Waals surface area contributed by atoms with Crippen molar-refractivity contribution in [1.29, 1.82) is 0 Å². The Morgan fingerprint density at radius 3 is 1.93 bits per heavy atom. The molecular formula is C21H20BrCl2N3O2. The Morgan fingerprint density at radius 1 is 0.966 bits per heavy atom. The highest BCUT2D eigenvalue weighted by atomic mass is 79.9. The number of amides is 1. The van der Waals surface area contributed by atoms with Gasteiger partial charge in [0.15, 0.2) is 0 Å². The van der Waals surface area contributed by atoms with E-state index in [2.05, 4.69) is 50.3 Å². The third-order valence-corrected chi connectivity index (χ3v) is 6.24. The minimum atomic E-state index is -0.515. The quantitative estimate of drug-likeness (QED) is 0.614. The van der Waals surface area contributed by atoms with E-state index >= 15 is 0 Å². The van der Waals surface area contributed by atoms with E-state index in [9.17, 15) is 4.79 Å². The second-order valence-electron chi connectivity index (χ2n) is 7.13. The number of rotatable bonds is 4. The molecule has 0 aromatic heterocycles. The van der Waals surface area contributed by atoms with Crippen molar-refractivity contribution in [3.05, 3.63) is 69.7 Å². The normalized spacial score (nSPS) is 19.9. The lowest BCUT2D eigenvalue weighted by Crippen LogP contribution is -2.52. The number of halogens is 3. The van der Waals surface area contributed by atoms with Crippen LogP contribution in [0.2, 0.25) is 10.0 Å². The van der Waals surface area contributed by atoms with E-state index in [0.29, 0.717) is 34.2 Å². The molecule has 1 saturated heterocycles. The van der Waals surface area contributed by atoms with Gasteiger partial charge in [0.1, 0.15) is 4.62 Å². The van der Waals surface area contributed by atoms with Gasteiger partial charge in [-0.3, -0.25) is 9.69 Å². The van der Waals surface area contributed by atoms with Gasteiger partial charge in [-0.05, 0) is 51.3 Å².